The summed E-state index contributed by atoms with van der Waals surface area (Å²) in [7, 11) is 1.17. The Morgan fingerprint density at radius 1 is 1.45 bits per heavy atom. The zero-order chi connectivity index (χ0) is 15.3. The second-order valence-corrected chi connectivity index (χ2v) is 3.95. The molecule has 0 amide bonds. The molecule has 0 radical (unpaired) electrons. The molecule has 0 saturated carbocycles. The summed E-state index contributed by atoms with van der Waals surface area (Å²) < 4.78 is 50.2. The number of nitrogens with zero attached hydrogens (tertiary/aromatic N) is 1. The first kappa shape index (κ1) is 16.5. The predicted molar refractivity (Wildman–Crippen MR) is 66.1 cm³/mol. The van der Waals surface area contributed by atoms with Crippen LogP contribution in [-0.2, 0) is 10.1 Å². The minimum Gasteiger partial charge on any atom is -0.492 e. The molecule has 1 heterocycles. The molecule has 0 N–H and O–H groups in total. The molecule has 0 aliphatic rings. The van der Waals surface area contributed by atoms with Crippen molar-refractivity contribution in [1.82, 2.24) is 4.98 Å². The van der Waals surface area contributed by atoms with E-state index in [-0.39, 0.29) is 28.9 Å². The lowest BCUT2D eigenvalue weighted by Crippen LogP contribution is -2.19. The van der Waals surface area contributed by atoms with Gasteiger partial charge in [0.25, 0.3) is 0 Å². The largest absolute Gasteiger partial charge is 0.573 e. The van der Waals surface area contributed by atoms with Crippen molar-refractivity contribution in [3.63, 3.8) is 0 Å². The van der Waals surface area contributed by atoms with E-state index >= 15 is 0 Å². The number of carbonyl (C=O) groups is 1. The van der Waals surface area contributed by atoms with Gasteiger partial charge in [0.05, 0.1) is 19.9 Å². The van der Waals surface area contributed by atoms with E-state index in [1.165, 1.54) is 7.11 Å². The van der Waals surface area contributed by atoms with E-state index < -0.39 is 18.1 Å². The fourth-order valence-corrected chi connectivity index (χ4v) is 1.96. The number of hydrogen-bond donors (Lipinski definition) is 0. The van der Waals surface area contributed by atoms with Gasteiger partial charge in [-0.2, -0.15) is 0 Å². The van der Waals surface area contributed by atoms with Crippen molar-refractivity contribution in [2.75, 3.05) is 13.7 Å². The monoisotopic (exact) mass is 357 g/mol. The molecule has 1 rings (SSSR count). The first-order valence-corrected chi connectivity index (χ1v) is 6.50. The van der Waals surface area contributed by atoms with Crippen LogP contribution < -0.4 is 9.47 Å². The molecule has 0 unspecified atom stereocenters. The van der Waals surface area contributed by atoms with Gasteiger partial charge in [0.1, 0.15) is 0 Å². The summed E-state index contributed by atoms with van der Waals surface area (Å²) in [4.78, 5) is 15.3. The molecule has 0 fully saturated rings. The zero-order valence-corrected chi connectivity index (χ0v) is 12.2. The fraction of sp³-hybridized carbons (Fsp3) is 0.455. The van der Waals surface area contributed by atoms with E-state index in [4.69, 9.17) is 9.47 Å². The highest BCUT2D eigenvalue weighted by Gasteiger charge is 2.34. The second-order valence-electron chi connectivity index (χ2n) is 3.38. The van der Waals surface area contributed by atoms with Gasteiger partial charge >= 0.3 is 12.3 Å². The van der Waals surface area contributed by atoms with Crippen molar-refractivity contribution < 1.29 is 32.2 Å². The van der Waals surface area contributed by atoms with Crippen molar-refractivity contribution in [1.29, 1.82) is 0 Å². The van der Waals surface area contributed by atoms with Crippen LogP contribution >= 0.6 is 15.9 Å². The Kier molecular flexibility index (Phi) is 5.61. The normalized spacial score (nSPS) is 11.1. The lowest BCUT2D eigenvalue weighted by Gasteiger charge is -2.16. The Hall–Kier alpha value is -1.51. The smallest absolute Gasteiger partial charge is 0.492 e. The summed E-state index contributed by atoms with van der Waals surface area (Å²) >= 11 is 3.07. The summed E-state index contributed by atoms with van der Waals surface area (Å²) in [6.45, 7) is 1.72. The fourth-order valence-electron chi connectivity index (χ4n) is 1.44. The average molecular weight is 358 g/mol. The van der Waals surface area contributed by atoms with E-state index in [2.05, 4.69) is 25.7 Å². The van der Waals surface area contributed by atoms with Gasteiger partial charge in [0.15, 0.2) is 17.2 Å². The molecule has 0 bridgehead atoms. The van der Waals surface area contributed by atoms with Crippen LogP contribution in [-0.4, -0.2) is 31.0 Å². The molecule has 0 aliphatic carbocycles. The van der Waals surface area contributed by atoms with Crippen LogP contribution in [0.1, 0.15) is 23.0 Å². The molecule has 0 spiro atoms. The van der Waals surface area contributed by atoms with Crippen LogP contribution in [0, 0.1) is 0 Å². The Balaban J connectivity index is 3.29. The molecule has 0 saturated heterocycles. The highest BCUT2D eigenvalue weighted by atomic mass is 79.9. The zero-order valence-electron chi connectivity index (χ0n) is 10.6. The van der Waals surface area contributed by atoms with E-state index in [9.17, 15) is 18.0 Å². The summed E-state index contributed by atoms with van der Waals surface area (Å²) in [6, 6.07) is 0. The van der Waals surface area contributed by atoms with Gasteiger partial charge in [-0.05, 0) is 6.92 Å². The summed E-state index contributed by atoms with van der Waals surface area (Å²) in [6.07, 6.45) is -4.12. The SMILES string of the molecule is CCOC(=O)c1ncc(OC(F)(F)F)c(OC)c1CBr. The third kappa shape index (κ3) is 3.99. The van der Waals surface area contributed by atoms with Crippen molar-refractivity contribution in [3.8, 4) is 11.5 Å². The van der Waals surface area contributed by atoms with Crippen LogP contribution in [0.4, 0.5) is 13.2 Å². The first-order chi connectivity index (χ1) is 9.34. The number of esters is 1. The molecule has 9 heteroatoms. The Labute approximate surface area is 121 Å². The molecule has 0 aliphatic heterocycles. The number of pyridine rings is 1. The summed E-state index contributed by atoms with van der Waals surface area (Å²) in [5.41, 5.74) is -0.0113. The van der Waals surface area contributed by atoms with Crippen LogP contribution in [0.5, 0.6) is 11.5 Å². The molecule has 0 atom stereocenters. The molecular weight excluding hydrogens is 347 g/mol. The number of carbonyl (C=O) groups excluding carboxylic acids is 1. The van der Waals surface area contributed by atoms with E-state index in [1.807, 2.05) is 0 Å². The van der Waals surface area contributed by atoms with E-state index in [1.54, 1.807) is 6.92 Å². The number of alkyl halides is 4. The van der Waals surface area contributed by atoms with Gasteiger partial charge < -0.3 is 14.2 Å². The van der Waals surface area contributed by atoms with Crippen LogP contribution in [0.2, 0.25) is 0 Å². The molecule has 1 aromatic rings. The van der Waals surface area contributed by atoms with Crippen molar-refractivity contribution in [3.05, 3.63) is 17.5 Å². The van der Waals surface area contributed by atoms with Gasteiger partial charge in [0, 0.05) is 10.9 Å². The molecule has 20 heavy (non-hydrogen) atoms. The van der Waals surface area contributed by atoms with Crippen LogP contribution in [0.25, 0.3) is 0 Å². The summed E-state index contributed by atoms with van der Waals surface area (Å²) in [5.74, 6) is -1.60. The third-order valence-corrected chi connectivity index (χ3v) is 2.69. The number of aromatic nitrogens is 1. The quantitative estimate of drug-likeness (QED) is 0.598. The molecule has 1 aromatic heterocycles. The number of hydrogen-bond acceptors (Lipinski definition) is 5. The lowest BCUT2D eigenvalue weighted by atomic mass is 10.2. The van der Waals surface area contributed by atoms with Gasteiger partial charge in [-0.1, -0.05) is 15.9 Å². The number of methoxy groups -OCH3 is 1. The minimum absolute atomic E-state index is 0.0480. The van der Waals surface area contributed by atoms with E-state index in [0.717, 1.165) is 6.20 Å². The standard InChI is InChI=1S/C11H11BrF3NO4/c1-3-19-10(17)8-6(4-12)9(18-2)7(5-16-8)20-11(13,14)15/h5H,3-4H2,1-2H3. The van der Waals surface area contributed by atoms with Gasteiger partial charge in [-0.3, -0.25) is 0 Å². The van der Waals surface area contributed by atoms with Crippen molar-refractivity contribution in [2.45, 2.75) is 18.6 Å². The van der Waals surface area contributed by atoms with Crippen molar-refractivity contribution in [2.24, 2.45) is 0 Å². The highest BCUT2D eigenvalue weighted by molar-refractivity contribution is 9.08. The predicted octanol–water partition coefficient (Wildman–Crippen LogP) is 3.06. The molecular formula is C11H11BrF3NO4. The Bertz CT molecular complexity index is 493. The second kappa shape index (κ2) is 6.78. The maximum absolute atomic E-state index is 12.3. The summed E-state index contributed by atoms with van der Waals surface area (Å²) in [5, 5.41) is 0.0480. The van der Waals surface area contributed by atoms with Gasteiger partial charge in [0.2, 0.25) is 0 Å². The number of halogens is 4. The van der Waals surface area contributed by atoms with E-state index in [0.29, 0.717) is 0 Å². The minimum atomic E-state index is -4.88. The maximum atomic E-state index is 12.3. The molecule has 0 aromatic carbocycles. The first-order valence-electron chi connectivity index (χ1n) is 5.38. The van der Waals surface area contributed by atoms with Gasteiger partial charge in [-0.15, -0.1) is 13.2 Å². The topological polar surface area (TPSA) is 57.7 Å². The Morgan fingerprint density at radius 3 is 2.55 bits per heavy atom. The molecule has 112 valence electrons. The van der Waals surface area contributed by atoms with Crippen molar-refractivity contribution >= 4 is 21.9 Å². The average Bonchev–Trinajstić information content (AvgIpc) is 2.36. The number of rotatable bonds is 5. The van der Waals surface area contributed by atoms with Crippen LogP contribution in [0.3, 0.4) is 0 Å². The maximum Gasteiger partial charge on any atom is 0.573 e. The van der Waals surface area contributed by atoms with Gasteiger partial charge in [-0.25, -0.2) is 9.78 Å². The molecule has 5 nitrogen and oxygen atoms in total. The lowest BCUT2D eigenvalue weighted by molar-refractivity contribution is -0.275. The number of ether oxygens (including phenoxy) is 3. The Morgan fingerprint density at radius 2 is 2.10 bits per heavy atom. The third-order valence-electron chi connectivity index (χ3n) is 2.13. The highest BCUT2D eigenvalue weighted by Crippen LogP contribution is 2.36. The van der Waals surface area contributed by atoms with Crippen LogP contribution in [0.15, 0.2) is 6.20 Å².